The van der Waals surface area contributed by atoms with Crippen molar-refractivity contribution in [2.24, 2.45) is 0 Å². The molecule has 0 spiro atoms. The van der Waals surface area contributed by atoms with Gasteiger partial charge in [0.05, 0.1) is 12.7 Å². The number of hydrogen-bond donors (Lipinski definition) is 1. The first-order valence-corrected chi connectivity index (χ1v) is 4.74. The lowest BCUT2D eigenvalue weighted by molar-refractivity contribution is -0.163. The van der Waals surface area contributed by atoms with Gasteiger partial charge in [-0.2, -0.15) is 0 Å². The summed E-state index contributed by atoms with van der Waals surface area (Å²) in [6.07, 6.45) is 3.41. The fraction of sp³-hybridized carbons (Fsp3) is 1.00. The van der Waals surface area contributed by atoms with Gasteiger partial charge in [0, 0.05) is 13.0 Å². The molecule has 12 heavy (non-hydrogen) atoms. The van der Waals surface area contributed by atoms with Crippen LogP contribution < -0.4 is 0 Å². The van der Waals surface area contributed by atoms with Gasteiger partial charge in [-0.15, -0.1) is 0 Å². The largest absolute Gasteiger partial charge is 0.378 e. The van der Waals surface area contributed by atoms with Crippen molar-refractivity contribution < 1.29 is 14.6 Å². The molecule has 0 unspecified atom stereocenters. The molecule has 0 aromatic heterocycles. The molecular formula is C9H18O3. The van der Waals surface area contributed by atoms with Gasteiger partial charge >= 0.3 is 0 Å². The molecule has 0 aromatic rings. The lowest BCUT2D eigenvalue weighted by Crippen LogP contribution is -2.30. The second-order valence-corrected chi connectivity index (χ2v) is 3.20. The molecule has 3 nitrogen and oxygen atoms in total. The zero-order valence-electron chi connectivity index (χ0n) is 7.66. The Kier molecular flexibility index (Phi) is 4.58. The minimum atomic E-state index is -0.606. The van der Waals surface area contributed by atoms with Crippen LogP contribution in [0.2, 0.25) is 0 Å². The third kappa shape index (κ3) is 3.52. The lowest BCUT2D eigenvalue weighted by atomic mass is 10.1. The van der Waals surface area contributed by atoms with Gasteiger partial charge in [0.25, 0.3) is 0 Å². The molecule has 3 heteroatoms. The average molecular weight is 174 g/mol. The van der Waals surface area contributed by atoms with Crippen LogP contribution in [0.4, 0.5) is 0 Å². The molecule has 0 aromatic carbocycles. The summed E-state index contributed by atoms with van der Waals surface area (Å²) in [5.74, 6) is 0. The normalized spacial score (nSPS) is 30.5. The molecule has 1 fully saturated rings. The third-order valence-corrected chi connectivity index (χ3v) is 2.07. The first kappa shape index (κ1) is 9.96. The van der Waals surface area contributed by atoms with Crippen LogP contribution in [-0.2, 0) is 9.47 Å². The monoisotopic (exact) mass is 174 g/mol. The Morgan fingerprint density at radius 1 is 1.58 bits per heavy atom. The summed E-state index contributed by atoms with van der Waals surface area (Å²) in [5, 5.41) is 9.13. The summed E-state index contributed by atoms with van der Waals surface area (Å²) in [6.45, 7) is 3.58. The number of aliphatic hydroxyl groups is 1. The van der Waals surface area contributed by atoms with E-state index in [1.54, 1.807) is 0 Å². The number of rotatable bonds is 4. The zero-order valence-corrected chi connectivity index (χ0v) is 7.66. The second kappa shape index (κ2) is 5.51. The van der Waals surface area contributed by atoms with Gasteiger partial charge in [-0.25, -0.2) is 0 Å². The maximum atomic E-state index is 9.13. The molecule has 2 atom stereocenters. The van der Waals surface area contributed by atoms with Gasteiger partial charge < -0.3 is 14.6 Å². The summed E-state index contributed by atoms with van der Waals surface area (Å²) in [7, 11) is 0. The third-order valence-electron chi connectivity index (χ3n) is 2.07. The Balaban J connectivity index is 2.06. The number of aliphatic hydroxyl groups excluding tert-OH is 1. The van der Waals surface area contributed by atoms with Crippen molar-refractivity contribution in [3.8, 4) is 0 Å². The Morgan fingerprint density at radius 3 is 3.08 bits per heavy atom. The molecule has 0 aliphatic carbocycles. The number of hydrogen-bond acceptors (Lipinski definition) is 3. The van der Waals surface area contributed by atoms with Crippen molar-refractivity contribution in [1.82, 2.24) is 0 Å². The smallest absolute Gasteiger partial charge is 0.157 e. The van der Waals surface area contributed by atoms with Crippen molar-refractivity contribution in [3.63, 3.8) is 0 Å². The molecule has 1 heterocycles. The zero-order chi connectivity index (χ0) is 8.81. The predicted octanol–water partition coefficient (Wildman–Crippen LogP) is 1.30. The molecule has 72 valence electrons. The summed E-state index contributed by atoms with van der Waals surface area (Å²) in [5.41, 5.74) is 0. The van der Waals surface area contributed by atoms with E-state index in [4.69, 9.17) is 14.6 Å². The maximum Gasteiger partial charge on any atom is 0.157 e. The van der Waals surface area contributed by atoms with E-state index in [1.165, 1.54) is 0 Å². The molecule has 0 bridgehead atoms. The minimum absolute atomic E-state index is 0.209. The van der Waals surface area contributed by atoms with Gasteiger partial charge in [-0.3, -0.25) is 0 Å². The molecule has 1 aliphatic rings. The molecule has 1 N–H and O–H groups in total. The average Bonchev–Trinajstić information content (AvgIpc) is 2.05. The van der Waals surface area contributed by atoms with Gasteiger partial charge in [0.15, 0.2) is 6.29 Å². The van der Waals surface area contributed by atoms with Crippen molar-refractivity contribution >= 4 is 0 Å². The molecule has 0 amide bonds. The van der Waals surface area contributed by atoms with Gasteiger partial charge in [-0.1, -0.05) is 13.3 Å². The second-order valence-electron chi connectivity index (χ2n) is 3.20. The molecule has 0 saturated carbocycles. The van der Waals surface area contributed by atoms with Crippen LogP contribution in [0.25, 0.3) is 0 Å². The Morgan fingerprint density at radius 2 is 2.42 bits per heavy atom. The van der Waals surface area contributed by atoms with E-state index in [-0.39, 0.29) is 6.10 Å². The lowest BCUT2D eigenvalue weighted by Gasteiger charge is -2.26. The highest BCUT2D eigenvalue weighted by atomic mass is 16.6. The topological polar surface area (TPSA) is 38.7 Å². The van der Waals surface area contributed by atoms with E-state index >= 15 is 0 Å². The van der Waals surface area contributed by atoms with E-state index in [2.05, 4.69) is 6.92 Å². The van der Waals surface area contributed by atoms with E-state index in [0.717, 1.165) is 25.9 Å². The van der Waals surface area contributed by atoms with Crippen LogP contribution in [0.15, 0.2) is 0 Å². The van der Waals surface area contributed by atoms with Gasteiger partial charge in [-0.05, 0) is 12.8 Å². The fourth-order valence-corrected chi connectivity index (χ4v) is 1.29. The van der Waals surface area contributed by atoms with Crippen molar-refractivity contribution in [3.05, 3.63) is 0 Å². The maximum absolute atomic E-state index is 9.13. The van der Waals surface area contributed by atoms with Gasteiger partial charge in [0.2, 0.25) is 0 Å². The highest BCUT2D eigenvalue weighted by Crippen LogP contribution is 2.15. The van der Waals surface area contributed by atoms with Crippen molar-refractivity contribution in [1.29, 1.82) is 0 Å². The minimum Gasteiger partial charge on any atom is -0.378 e. The molecule has 1 rings (SSSR count). The highest BCUT2D eigenvalue weighted by molar-refractivity contribution is 4.64. The summed E-state index contributed by atoms with van der Waals surface area (Å²) >= 11 is 0. The number of unbranched alkanes of at least 4 members (excludes halogenated alkanes) is 1. The quantitative estimate of drug-likeness (QED) is 0.653. The summed E-state index contributed by atoms with van der Waals surface area (Å²) in [6, 6.07) is 0. The van der Waals surface area contributed by atoms with E-state index in [9.17, 15) is 0 Å². The molecular weight excluding hydrogens is 156 g/mol. The predicted molar refractivity (Wildman–Crippen MR) is 45.8 cm³/mol. The van der Waals surface area contributed by atoms with Crippen LogP contribution in [0, 0.1) is 0 Å². The van der Waals surface area contributed by atoms with E-state index in [0.29, 0.717) is 13.0 Å². The first-order chi connectivity index (χ1) is 5.83. The van der Waals surface area contributed by atoms with E-state index in [1.807, 2.05) is 0 Å². The van der Waals surface area contributed by atoms with Crippen LogP contribution in [0.5, 0.6) is 0 Å². The summed E-state index contributed by atoms with van der Waals surface area (Å²) < 4.78 is 10.5. The van der Waals surface area contributed by atoms with Crippen molar-refractivity contribution in [2.75, 3.05) is 13.2 Å². The standard InChI is InChI=1S/C9H18O3/c1-2-3-5-11-8-4-6-12-9(10)7-8/h8-10H,2-7H2,1H3/t8-,9+/m1/s1. The van der Waals surface area contributed by atoms with Crippen LogP contribution >= 0.6 is 0 Å². The van der Waals surface area contributed by atoms with Crippen LogP contribution in [0.1, 0.15) is 32.6 Å². The van der Waals surface area contributed by atoms with E-state index < -0.39 is 6.29 Å². The molecule has 1 saturated heterocycles. The summed E-state index contributed by atoms with van der Waals surface area (Å²) in [4.78, 5) is 0. The SMILES string of the molecule is CCCCO[C@@H]1CCO[C@H](O)C1. The first-order valence-electron chi connectivity index (χ1n) is 4.74. The van der Waals surface area contributed by atoms with Crippen LogP contribution in [-0.4, -0.2) is 30.7 Å². The fourth-order valence-electron chi connectivity index (χ4n) is 1.29. The Hall–Kier alpha value is -0.120. The Labute approximate surface area is 73.7 Å². The molecule has 0 radical (unpaired) electrons. The molecule has 1 aliphatic heterocycles. The highest BCUT2D eigenvalue weighted by Gasteiger charge is 2.20. The van der Waals surface area contributed by atoms with Crippen molar-refractivity contribution in [2.45, 2.75) is 45.0 Å². The Bertz CT molecular complexity index is 116. The van der Waals surface area contributed by atoms with Gasteiger partial charge in [0.1, 0.15) is 0 Å². The van der Waals surface area contributed by atoms with Crippen LogP contribution in [0.3, 0.4) is 0 Å². The number of ether oxygens (including phenoxy) is 2.